The van der Waals surface area contributed by atoms with Crippen molar-refractivity contribution in [3.05, 3.63) is 48.5 Å². The maximum Gasteiger partial charge on any atom is 0.0730 e. The number of aromatic nitrogens is 1. The molecule has 0 saturated carbocycles. The summed E-state index contributed by atoms with van der Waals surface area (Å²) in [7, 11) is 0. The highest BCUT2D eigenvalue weighted by Gasteiger charge is 2.08. The van der Waals surface area contributed by atoms with E-state index in [1.807, 2.05) is 12.1 Å². The number of para-hydroxylation sites is 2. The van der Waals surface area contributed by atoms with Crippen LogP contribution >= 0.6 is 11.6 Å². The third-order valence-corrected chi connectivity index (χ3v) is 4.90. The van der Waals surface area contributed by atoms with Crippen molar-refractivity contribution < 1.29 is 0 Å². The first-order valence-electron chi connectivity index (χ1n) is 9.63. The Labute approximate surface area is 161 Å². The van der Waals surface area contributed by atoms with Crippen LogP contribution in [0.15, 0.2) is 48.5 Å². The quantitative estimate of drug-likeness (QED) is 0.289. The van der Waals surface area contributed by atoms with Crippen LogP contribution in [-0.4, -0.2) is 41.9 Å². The molecule has 4 heteroatoms. The van der Waals surface area contributed by atoms with Crippen LogP contribution in [-0.2, 0) is 0 Å². The molecule has 0 amide bonds. The maximum absolute atomic E-state index is 5.90. The van der Waals surface area contributed by atoms with Crippen molar-refractivity contribution in [1.29, 1.82) is 0 Å². The monoisotopic (exact) mass is 369 g/mol. The molecule has 3 rings (SSSR count). The maximum atomic E-state index is 5.90. The Morgan fingerprint density at radius 2 is 1.54 bits per heavy atom. The van der Waals surface area contributed by atoms with Gasteiger partial charge in [0.2, 0.25) is 0 Å². The summed E-state index contributed by atoms with van der Waals surface area (Å²) < 4.78 is 0. The number of anilines is 1. The average Bonchev–Trinajstić information content (AvgIpc) is 2.67. The van der Waals surface area contributed by atoms with E-state index in [1.165, 1.54) is 29.3 Å². The minimum absolute atomic E-state index is 0.716. The van der Waals surface area contributed by atoms with Gasteiger partial charge in [-0.3, -0.25) is 0 Å². The van der Waals surface area contributed by atoms with E-state index < -0.39 is 0 Å². The van der Waals surface area contributed by atoms with Gasteiger partial charge in [-0.2, -0.15) is 0 Å². The third kappa shape index (κ3) is 4.66. The van der Waals surface area contributed by atoms with E-state index in [9.17, 15) is 0 Å². The Morgan fingerprint density at radius 1 is 0.885 bits per heavy atom. The summed E-state index contributed by atoms with van der Waals surface area (Å²) in [5, 5.41) is 6.07. The smallest absolute Gasteiger partial charge is 0.0730 e. The molecule has 1 aromatic heterocycles. The van der Waals surface area contributed by atoms with Crippen LogP contribution in [0.1, 0.15) is 26.2 Å². The predicted molar refractivity (Wildman–Crippen MR) is 114 cm³/mol. The van der Waals surface area contributed by atoms with Crippen LogP contribution in [0, 0.1) is 0 Å². The summed E-state index contributed by atoms with van der Waals surface area (Å²) in [5.41, 5.74) is 3.30. The van der Waals surface area contributed by atoms with Gasteiger partial charge in [0, 0.05) is 29.7 Å². The molecule has 0 fully saturated rings. The van der Waals surface area contributed by atoms with Crippen LogP contribution in [0.5, 0.6) is 0 Å². The van der Waals surface area contributed by atoms with Gasteiger partial charge in [-0.25, -0.2) is 4.98 Å². The Bertz CT molecular complexity index is 774. The normalized spacial score (nSPS) is 11.5. The van der Waals surface area contributed by atoms with Crippen molar-refractivity contribution in [2.45, 2.75) is 26.2 Å². The van der Waals surface area contributed by atoms with E-state index in [4.69, 9.17) is 16.6 Å². The number of nitrogens with zero attached hydrogens (tertiary/aromatic N) is 2. The molecule has 2 aromatic carbocycles. The zero-order valence-corrected chi connectivity index (χ0v) is 16.3. The lowest BCUT2D eigenvalue weighted by Crippen LogP contribution is -2.28. The number of hydrogen-bond donors (Lipinski definition) is 1. The molecule has 0 aliphatic carbocycles. The molecule has 0 saturated heterocycles. The van der Waals surface area contributed by atoms with Gasteiger partial charge in [0.25, 0.3) is 0 Å². The molecule has 0 bridgehead atoms. The first-order valence-corrected chi connectivity index (χ1v) is 10.2. The second-order valence-electron chi connectivity index (χ2n) is 6.69. The van der Waals surface area contributed by atoms with E-state index in [2.05, 4.69) is 53.5 Å². The van der Waals surface area contributed by atoms with E-state index in [0.29, 0.717) is 5.88 Å². The van der Waals surface area contributed by atoms with Crippen molar-refractivity contribution in [2.75, 3.05) is 37.4 Å². The molecular weight excluding hydrogens is 342 g/mol. The number of hydrogen-bond acceptors (Lipinski definition) is 3. The molecule has 3 aromatic rings. The first kappa shape index (κ1) is 18.9. The van der Waals surface area contributed by atoms with Crippen molar-refractivity contribution >= 4 is 39.1 Å². The highest BCUT2D eigenvalue weighted by molar-refractivity contribution is 6.18. The molecule has 0 spiro atoms. The Kier molecular flexibility index (Phi) is 7.10. The van der Waals surface area contributed by atoms with Gasteiger partial charge in [-0.1, -0.05) is 43.3 Å². The minimum Gasteiger partial charge on any atom is -0.384 e. The highest BCUT2D eigenvalue weighted by Crippen LogP contribution is 2.30. The lowest BCUT2D eigenvalue weighted by atomic mass is 10.1. The number of pyridine rings is 1. The molecule has 0 unspecified atom stereocenters. The van der Waals surface area contributed by atoms with Crippen molar-refractivity contribution in [3.8, 4) is 0 Å². The Morgan fingerprint density at radius 3 is 2.15 bits per heavy atom. The topological polar surface area (TPSA) is 28.2 Å². The fourth-order valence-electron chi connectivity index (χ4n) is 3.48. The molecule has 0 aliphatic rings. The van der Waals surface area contributed by atoms with Crippen LogP contribution in [0.4, 0.5) is 5.69 Å². The van der Waals surface area contributed by atoms with Gasteiger partial charge in [0.1, 0.15) is 0 Å². The SMILES string of the molecule is CCCN(CCCl)CCCCNc1c2ccccc2nc2ccccc12. The highest BCUT2D eigenvalue weighted by atomic mass is 35.5. The van der Waals surface area contributed by atoms with Gasteiger partial charge in [0.05, 0.1) is 16.7 Å². The summed E-state index contributed by atoms with van der Waals surface area (Å²) in [5.74, 6) is 0.716. The van der Waals surface area contributed by atoms with Gasteiger partial charge in [-0.15, -0.1) is 11.6 Å². The molecule has 1 heterocycles. The number of fused-ring (bicyclic) bond motifs is 2. The number of unbranched alkanes of at least 4 members (excludes halogenated alkanes) is 1. The van der Waals surface area contributed by atoms with Crippen molar-refractivity contribution in [3.63, 3.8) is 0 Å². The average molecular weight is 370 g/mol. The number of nitrogens with one attached hydrogen (secondary N) is 1. The lowest BCUT2D eigenvalue weighted by Gasteiger charge is -2.20. The second kappa shape index (κ2) is 9.75. The summed E-state index contributed by atoms with van der Waals surface area (Å²) in [6, 6.07) is 16.7. The zero-order valence-electron chi connectivity index (χ0n) is 15.5. The number of benzene rings is 2. The largest absolute Gasteiger partial charge is 0.384 e. The molecule has 0 aliphatic heterocycles. The predicted octanol–water partition coefficient (Wildman–Crippen LogP) is 5.53. The molecule has 138 valence electrons. The van der Waals surface area contributed by atoms with Crippen LogP contribution in [0.3, 0.4) is 0 Å². The van der Waals surface area contributed by atoms with Crippen molar-refractivity contribution in [1.82, 2.24) is 9.88 Å². The molecular formula is C22H28ClN3. The summed E-state index contributed by atoms with van der Waals surface area (Å²) >= 11 is 5.90. The van der Waals surface area contributed by atoms with Gasteiger partial charge in [-0.05, 0) is 44.5 Å². The number of alkyl halides is 1. The van der Waals surface area contributed by atoms with E-state index in [0.717, 1.165) is 43.6 Å². The fraction of sp³-hybridized carbons (Fsp3) is 0.409. The van der Waals surface area contributed by atoms with Crippen molar-refractivity contribution in [2.24, 2.45) is 0 Å². The lowest BCUT2D eigenvalue weighted by molar-refractivity contribution is 0.285. The van der Waals surface area contributed by atoms with E-state index in [-0.39, 0.29) is 0 Å². The van der Waals surface area contributed by atoms with Gasteiger partial charge >= 0.3 is 0 Å². The summed E-state index contributed by atoms with van der Waals surface area (Å²) in [4.78, 5) is 7.25. The number of halogens is 1. The summed E-state index contributed by atoms with van der Waals surface area (Å²) in [6.07, 6.45) is 3.52. The first-order chi connectivity index (χ1) is 12.8. The second-order valence-corrected chi connectivity index (χ2v) is 7.06. The summed E-state index contributed by atoms with van der Waals surface area (Å²) in [6.45, 7) is 6.45. The Hall–Kier alpha value is -1.84. The van der Waals surface area contributed by atoms with E-state index >= 15 is 0 Å². The number of rotatable bonds is 10. The molecule has 26 heavy (non-hydrogen) atoms. The molecule has 0 radical (unpaired) electrons. The molecule has 0 atom stereocenters. The van der Waals surface area contributed by atoms with Gasteiger partial charge < -0.3 is 10.2 Å². The van der Waals surface area contributed by atoms with Gasteiger partial charge in [0.15, 0.2) is 0 Å². The Balaban J connectivity index is 1.66. The van der Waals surface area contributed by atoms with Crippen LogP contribution < -0.4 is 5.32 Å². The van der Waals surface area contributed by atoms with E-state index in [1.54, 1.807) is 0 Å². The third-order valence-electron chi connectivity index (χ3n) is 4.73. The standard InChI is InChI=1S/C22H28ClN3/c1-2-15-26(17-13-23)16-8-7-14-24-22-18-9-3-5-11-20(18)25-21-12-6-4-10-19(21)22/h3-6,9-12H,2,7-8,13-17H2,1H3,(H,24,25). The van der Waals surface area contributed by atoms with Crippen LogP contribution in [0.2, 0.25) is 0 Å². The molecule has 3 nitrogen and oxygen atoms in total. The minimum atomic E-state index is 0.716. The van der Waals surface area contributed by atoms with Crippen LogP contribution in [0.25, 0.3) is 21.8 Å². The molecule has 1 N–H and O–H groups in total. The zero-order chi connectivity index (χ0) is 18.2. The fourth-order valence-corrected chi connectivity index (χ4v) is 3.71.